The first kappa shape index (κ1) is 13.0. The number of nitrogens with two attached hydrogens (primary N) is 1. The van der Waals surface area contributed by atoms with Crippen molar-refractivity contribution in [1.82, 2.24) is 0 Å². The Bertz CT molecular complexity index is 399. The summed E-state index contributed by atoms with van der Waals surface area (Å²) in [5.74, 6) is -1.14. The summed E-state index contributed by atoms with van der Waals surface area (Å²) in [4.78, 5) is 22.8. The first-order valence-corrected chi connectivity index (χ1v) is 5.27. The van der Waals surface area contributed by atoms with E-state index in [0.717, 1.165) is 0 Å². The molecule has 1 atom stereocenters. The van der Waals surface area contributed by atoms with Crippen LogP contribution in [-0.4, -0.2) is 24.6 Å². The Morgan fingerprint density at radius 2 is 1.88 bits per heavy atom. The largest absolute Gasteiger partial charge is 0.463 e. The molecule has 5 nitrogen and oxygen atoms in total. The maximum absolute atomic E-state index is 11.6. The van der Waals surface area contributed by atoms with Crippen molar-refractivity contribution in [2.45, 2.75) is 20.0 Å². The average molecular weight is 237 g/mol. The van der Waals surface area contributed by atoms with Gasteiger partial charge in [-0.05, 0) is 38.1 Å². The average Bonchev–Trinajstić information content (AvgIpc) is 2.30. The predicted molar refractivity (Wildman–Crippen MR) is 62.4 cm³/mol. The predicted octanol–water partition coefficient (Wildman–Crippen LogP) is 1.38. The van der Waals surface area contributed by atoms with E-state index < -0.39 is 18.0 Å². The molecule has 0 aliphatic heterocycles. The SMILES string of the molecule is CCOC(=O)C(C)OC(=O)c1ccc(N)cc1. The summed E-state index contributed by atoms with van der Waals surface area (Å²) in [7, 11) is 0. The third-order valence-electron chi connectivity index (χ3n) is 2.05. The fourth-order valence-corrected chi connectivity index (χ4v) is 1.16. The molecule has 17 heavy (non-hydrogen) atoms. The van der Waals surface area contributed by atoms with Gasteiger partial charge < -0.3 is 15.2 Å². The molecule has 1 unspecified atom stereocenters. The van der Waals surface area contributed by atoms with Crippen molar-refractivity contribution in [2.75, 3.05) is 12.3 Å². The van der Waals surface area contributed by atoms with Crippen LogP contribution in [0.4, 0.5) is 5.69 Å². The van der Waals surface area contributed by atoms with Crippen molar-refractivity contribution in [3.8, 4) is 0 Å². The first-order valence-electron chi connectivity index (χ1n) is 5.27. The third-order valence-corrected chi connectivity index (χ3v) is 2.05. The van der Waals surface area contributed by atoms with E-state index in [4.69, 9.17) is 15.2 Å². The molecular weight excluding hydrogens is 222 g/mol. The smallest absolute Gasteiger partial charge is 0.347 e. The lowest BCUT2D eigenvalue weighted by Crippen LogP contribution is -2.26. The van der Waals surface area contributed by atoms with Gasteiger partial charge in [0.2, 0.25) is 0 Å². The van der Waals surface area contributed by atoms with E-state index in [1.54, 1.807) is 19.1 Å². The molecule has 1 rings (SSSR count). The zero-order valence-corrected chi connectivity index (χ0v) is 9.80. The third kappa shape index (κ3) is 3.79. The van der Waals surface area contributed by atoms with Crippen molar-refractivity contribution in [2.24, 2.45) is 0 Å². The van der Waals surface area contributed by atoms with Crippen LogP contribution in [0.5, 0.6) is 0 Å². The van der Waals surface area contributed by atoms with Crippen molar-refractivity contribution in [3.05, 3.63) is 29.8 Å². The summed E-state index contributed by atoms with van der Waals surface area (Å²) in [5.41, 5.74) is 6.39. The zero-order valence-electron chi connectivity index (χ0n) is 9.80. The van der Waals surface area contributed by atoms with Crippen molar-refractivity contribution in [3.63, 3.8) is 0 Å². The highest BCUT2D eigenvalue weighted by Crippen LogP contribution is 2.08. The fraction of sp³-hybridized carbons (Fsp3) is 0.333. The van der Waals surface area contributed by atoms with Crippen LogP contribution in [0.3, 0.4) is 0 Å². The summed E-state index contributed by atoms with van der Waals surface area (Å²) in [5, 5.41) is 0. The second-order valence-electron chi connectivity index (χ2n) is 3.42. The van der Waals surface area contributed by atoms with E-state index in [1.807, 2.05) is 0 Å². The number of hydrogen-bond donors (Lipinski definition) is 1. The van der Waals surface area contributed by atoms with Crippen LogP contribution < -0.4 is 5.73 Å². The number of rotatable bonds is 4. The van der Waals surface area contributed by atoms with E-state index in [1.165, 1.54) is 19.1 Å². The number of carbonyl (C=O) groups is 2. The minimum Gasteiger partial charge on any atom is -0.463 e. The molecule has 0 aliphatic rings. The summed E-state index contributed by atoms with van der Waals surface area (Å²) in [6, 6.07) is 6.25. The van der Waals surface area contributed by atoms with E-state index in [0.29, 0.717) is 11.3 Å². The van der Waals surface area contributed by atoms with E-state index in [-0.39, 0.29) is 6.61 Å². The van der Waals surface area contributed by atoms with E-state index in [9.17, 15) is 9.59 Å². The summed E-state index contributed by atoms with van der Waals surface area (Å²) in [6.45, 7) is 3.40. The Morgan fingerprint density at radius 1 is 1.29 bits per heavy atom. The van der Waals surface area contributed by atoms with Crippen LogP contribution in [0.2, 0.25) is 0 Å². The minimum absolute atomic E-state index is 0.253. The van der Waals surface area contributed by atoms with Crippen LogP contribution in [-0.2, 0) is 14.3 Å². The molecule has 92 valence electrons. The second-order valence-corrected chi connectivity index (χ2v) is 3.42. The molecule has 1 aromatic carbocycles. The lowest BCUT2D eigenvalue weighted by molar-refractivity contribution is -0.152. The van der Waals surface area contributed by atoms with Gasteiger partial charge in [0.05, 0.1) is 12.2 Å². The zero-order chi connectivity index (χ0) is 12.8. The number of ether oxygens (including phenoxy) is 2. The van der Waals surface area contributed by atoms with Gasteiger partial charge >= 0.3 is 11.9 Å². The summed E-state index contributed by atoms with van der Waals surface area (Å²) in [6.07, 6.45) is -0.917. The van der Waals surface area contributed by atoms with Gasteiger partial charge in [0.1, 0.15) is 0 Å². The van der Waals surface area contributed by atoms with Crippen LogP contribution in [0.25, 0.3) is 0 Å². The molecule has 0 saturated carbocycles. The van der Waals surface area contributed by atoms with Crippen LogP contribution >= 0.6 is 0 Å². The molecule has 5 heteroatoms. The number of benzene rings is 1. The number of carbonyl (C=O) groups excluding carboxylic acids is 2. The molecule has 2 N–H and O–H groups in total. The Labute approximate surface area is 99.5 Å². The number of nitrogen functional groups attached to an aromatic ring is 1. The highest BCUT2D eigenvalue weighted by molar-refractivity contribution is 5.91. The molecule has 0 fully saturated rings. The summed E-state index contributed by atoms with van der Waals surface area (Å²) >= 11 is 0. The molecule has 0 aromatic heterocycles. The topological polar surface area (TPSA) is 78.6 Å². The van der Waals surface area contributed by atoms with Gasteiger partial charge in [-0.15, -0.1) is 0 Å². The molecule has 0 aliphatic carbocycles. The minimum atomic E-state index is -0.917. The maximum atomic E-state index is 11.6. The van der Waals surface area contributed by atoms with Gasteiger partial charge in [-0.2, -0.15) is 0 Å². The lowest BCUT2D eigenvalue weighted by Gasteiger charge is -2.11. The van der Waals surface area contributed by atoms with Gasteiger partial charge in [-0.3, -0.25) is 0 Å². The standard InChI is InChI=1S/C12H15NO4/c1-3-16-11(14)8(2)17-12(15)9-4-6-10(13)7-5-9/h4-8H,3,13H2,1-2H3. The highest BCUT2D eigenvalue weighted by atomic mass is 16.6. The molecule has 0 amide bonds. The first-order chi connectivity index (χ1) is 8.04. The van der Waals surface area contributed by atoms with E-state index >= 15 is 0 Å². The van der Waals surface area contributed by atoms with E-state index in [2.05, 4.69) is 0 Å². The van der Waals surface area contributed by atoms with Gasteiger partial charge in [0.25, 0.3) is 0 Å². The Hall–Kier alpha value is -2.04. The van der Waals surface area contributed by atoms with Gasteiger partial charge in [-0.1, -0.05) is 0 Å². The normalized spacial score (nSPS) is 11.6. The van der Waals surface area contributed by atoms with Gasteiger partial charge in [0, 0.05) is 5.69 Å². The molecule has 0 heterocycles. The number of anilines is 1. The molecule has 0 radical (unpaired) electrons. The molecule has 0 spiro atoms. The molecule has 0 bridgehead atoms. The fourth-order valence-electron chi connectivity index (χ4n) is 1.16. The number of esters is 2. The van der Waals surface area contributed by atoms with Crippen molar-refractivity contribution >= 4 is 17.6 Å². The lowest BCUT2D eigenvalue weighted by atomic mass is 10.2. The van der Waals surface area contributed by atoms with Gasteiger partial charge in [0.15, 0.2) is 6.10 Å². The van der Waals surface area contributed by atoms with Gasteiger partial charge in [-0.25, -0.2) is 9.59 Å². The molecule has 1 aromatic rings. The van der Waals surface area contributed by atoms with Crippen LogP contribution in [0.1, 0.15) is 24.2 Å². The second kappa shape index (κ2) is 5.89. The van der Waals surface area contributed by atoms with Crippen LogP contribution in [0, 0.1) is 0 Å². The molecular formula is C12H15NO4. The Balaban J connectivity index is 2.60. The molecule has 0 saturated heterocycles. The highest BCUT2D eigenvalue weighted by Gasteiger charge is 2.19. The quantitative estimate of drug-likeness (QED) is 0.632. The number of hydrogen-bond acceptors (Lipinski definition) is 5. The van der Waals surface area contributed by atoms with Crippen molar-refractivity contribution < 1.29 is 19.1 Å². The Kier molecular flexibility index (Phi) is 4.51. The monoisotopic (exact) mass is 237 g/mol. The summed E-state index contributed by atoms with van der Waals surface area (Å²) < 4.78 is 9.66. The Morgan fingerprint density at radius 3 is 2.41 bits per heavy atom. The van der Waals surface area contributed by atoms with Crippen molar-refractivity contribution in [1.29, 1.82) is 0 Å². The maximum Gasteiger partial charge on any atom is 0.347 e. The van der Waals surface area contributed by atoms with Crippen LogP contribution in [0.15, 0.2) is 24.3 Å².